The quantitative estimate of drug-likeness (QED) is 0.576. The largest absolute Gasteiger partial charge is 0.381 e. The molecule has 0 unspecified atom stereocenters. The summed E-state index contributed by atoms with van der Waals surface area (Å²) in [6, 6.07) is 1.73. The molecule has 10 nitrogen and oxygen atoms in total. The van der Waals surface area contributed by atoms with E-state index in [0.717, 1.165) is 68.2 Å². The van der Waals surface area contributed by atoms with Crippen LogP contribution in [0.5, 0.6) is 0 Å². The zero-order chi connectivity index (χ0) is 22.9. The van der Waals surface area contributed by atoms with Crippen molar-refractivity contribution < 1.29 is 18.6 Å². The zero-order valence-corrected chi connectivity index (χ0v) is 19.4. The Bertz CT molecular complexity index is 1120. The molecule has 3 aromatic heterocycles. The van der Waals surface area contributed by atoms with Gasteiger partial charge >= 0.3 is 0 Å². The van der Waals surface area contributed by atoms with Crippen LogP contribution in [0.1, 0.15) is 78.0 Å². The van der Waals surface area contributed by atoms with Gasteiger partial charge in [0, 0.05) is 56.4 Å². The maximum absolute atomic E-state index is 13.0. The van der Waals surface area contributed by atoms with Crippen LogP contribution in [0.25, 0.3) is 11.3 Å². The van der Waals surface area contributed by atoms with Gasteiger partial charge in [-0.15, -0.1) is 0 Å². The number of aryl methyl sites for hydroxylation is 2. The summed E-state index contributed by atoms with van der Waals surface area (Å²) in [4.78, 5) is 19.5. The summed E-state index contributed by atoms with van der Waals surface area (Å²) in [6.07, 6.45) is 3.44. The zero-order valence-electron chi connectivity index (χ0n) is 19.4. The van der Waals surface area contributed by atoms with E-state index in [2.05, 4.69) is 20.4 Å². The summed E-state index contributed by atoms with van der Waals surface area (Å²) in [5.74, 6) is 2.43. The molecule has 2 saturated heterocycles. The Morgan fingerprint density at radius 2 is 1.82 bits per heavy atom. The van der Waals surface area contributed by atoms with Crippen LogP contribution >= 0.6 is 0 Å². The van der Waals surface area contributed by atoms with Crippen LogP contribution in [0.3, 0.4) is 0 Å². The molecule has 3 aromatic rings. The molecule has 0 radical (unpaired) electrons. The van der Waals surface area contributed by atoms with E-state index < -0.39 is 0 Å². The Morgan fingerprint density at radius 3 is 2.52 bits per heavy atom. The Hall–Kier alpha value is -3.01. The number of likely N-dealkylation sites (tertiary alicyclic amines) is 1. The van der Waals surface area contributed by atoms with Crippen molar-refractivity contribution in [1.29, 1.82) is 0 Å². The third-order valence-electron chi connectivity index (χ3n) is 6.83. The number of hydrogen-bond donors (Lipinski definition) is 0. The molecule has 0 N–H and O–H groups in total. The van der Waals surface area contributed by atoms with Crippen LogP contribution in [-0.2, 0) is 11.3 Å². The average molecular weight is 455 g/mol. The first-order valence-electron chi connectivity index (χ1n) is 11.8. The number of rotatable bonds is 5. The third kappa shape index (κ3) is 4.19. The minimum absolute atomic E-state index is 0.116. The maximum atomic E-state index is 13.0. The fourth-order valence-electron chi connectivity index (χ4n) is 4.88. The van der Waals surface area contributed by atoms with Gasteiger partial charge in [-0.3, -0.25) is 9.48 Å². The van der Waals surface area contributed by atoms with Gasteiger partial charge in [0.25, 0.3) is 5.91 Å². The summed E-state index contributed by atoms with van der Waals surface area (Å²) < 4.78 is 18.5. The van der Waals surface area contributed by atoms with Crippen LogP contribution in [0.2, 0.25) is 0 Å². The maximum Gasteiger partial charge on any atom is 0.276 e. The first kappa shape index (κ1) is 21.8. The van der Waals surface area contributed by atoms with E-state index in [9.17, 15) is 4.79 Å². The molecule has 1 amide bonds. The minimum Gasteiger partial charge on any atom is -0.381 e. The van der Waals surface area contributed by atoms with Crippen LogP contribution in [0.4, 0.5) is 0 Å². The fourth-order valence-corrected chi connectivity index (χ4v) is 4.88. The minimum atomic E-state index is -0.116. The van der Waals surface area contributed by atoms with Gasteiger partial charge in [0.2, 0.25) is 5.89 Å². The average Bonchev–Trinajstić information content (AvgIpc) is 3.58. The number of aromatic nitrogens is 5. The van der Waals surface area contributed by atoms with Crippen molar-refractivity contribution in [3.63, 3.8) is 0 Å². The normalized spacial score (nSPS) is 18.2. The summed E-state index contributed by atoms with van der Waals surface area (Å²) in [5, 5.41) is 12.8. The van der Waals surface area contributed by atoms with Gasteiger partial charge in [0.1, 0.15) is 0 Å². The number of carbonyl (C=O) groups is 1. The van der Waals surface area contributed by atoms with Crippen molar-refractivity contribution in [2.45, 2.75) is 64.8 Å². The summed E-state index contributed by atoms with van der Waals surface area (Å²) in [5.41, 5.74) is 3.10. The van der Waals surface area contributed by atoms with Crippen molar-refractivity contribution in [2.24, 2.45) is 0 Å². The molecule has 33 heavy (non-hydrogen) atoms. The van der Waals surface area contributed by atoms with Gasteiger partial charge in [-0.05, 0) is 46.5 Å². The predicted molar refractivity (Wildman–Crippen MR) is 118 cm³/mol. The van der Waals surface area contributed by atoms with Crippen LogP contribution < -0.4 is 0 Å². The monoisotopic (exact) mass is 454 g/mol. The van der Waals surface area contributed by atoms with E-state index in [0.29, 0.717) is 36.4 Å². The van der Waals surface area contributed by atoms with Gasteiger partial charge in [-0.2, -0.15) is 10.1 Å². The molecule has 0 bridgehead atoms. The van der Waals surface area contributed by atoms with Crippen molar-refractivity contribution in [2.75, 3.05) is 26.3 Å². The Labute approximate surface area is 192 Å². The van der Waals surface area contributed by atoms with E-state index in [1.165, 1.54) is 0 Å². The topological polar surface area (TPSA) is 112 Å². The van der Waals surface area contributed by atoms with Gasteiger partial charge in [0.15, 0.2) is 17.3 Å². The molecule has 176 valence electrons. The molecule has 5 rings (SSSR count). The lowest BCUT2D eigenvalue weighted by atomic mass is 9.96. The predicted octanol–water partition coefficient (Wildman–Crippen LogP) is 3.47. The lowest BCUT2D eigenvalue weighted by Crippen LogP contribution is -2.38. The number of carbonyl (C=O) groups excluding carboxylic acids is 1. The molecule has 10 heteroatoms. The van der Waals surface area contributed by atoms with Gasteiger partial charge in [-0.25, -0.2) is 0 Å². The van der Waals surface area contributed by atoms with Crippen LogP contribution in [-0.4, -0.2) is 62.2 Å². The molecular formula is C23H30N6O4. The Kier molecular flexibility index (Phi) is 6.01. The first-order chi connectivity index (χ1) is 16.0. The molecule has 0 spiro atoms. The molecule has 0 saturated carbocycles. The molecule has 0 aliphatic carbocycles. The van der Waals surface area contributed by atoms with Crippen molar-refractivity contribution in [1.82, 2.24) is 30.0 Å². The Balaban J connectivity index is 1.22. The van der Waals surface area contributed by atoms with Gasteiger partial charge < -0.3 is 18.7 Å². The second-order valence-corrected chi connectivity index (χ2v) is 8.88. The lowest BCUT2D eigenvalue weighted by molar-refractivity contribution is 0.0694. The highest BCUT2D eigenvalue weighted by molar-refractivity contribution is 5.93. The molecule has 5 heterocycles. The van der Waals surface area contributed by atoms with Crippen molar-refractivity contribution >= 4 is 5.91 Å². The van der Waals surface area contributed by atoms with E-state index in [-0.39, 0.29) is 11.8 Å². The van der Waals surface area contributed by atoms with E-state index >= 15 is 0 Å². The highest BCUT2D eigenvalue weighted by Crippen LogP contribution is 2.32. The van der Waals surface area contributed by atoms with Gasteiger partial charge in [-0.1, -0.05) is 10.3 Å². The standard InChI is InChI=1S/C23H30N6O4/c1-4-29-15(3)20(14(2)25-29)19-13-18(26-32-19)23(30)28-9-5-17(6-10-28)22-24-21(27-33-22)16-7-11-31-12-8-16/h13,16-17H,4-12H2,1-3H3. The second-order valence-electron chi connectivity index (χ2n) is 8.88. The lowest BCUT2D eigenvalue weighted by Gasteiger charge is -2.29. The highest BCUT2D eigenvalue weighted by Gasteiger charge is 2.31. The van der Waals surface area contributed by atoms with E-state index in [4.69, 9.17) is 13.8 Å². The second kappa shape index (κ2) is 9.09. The van der Waals surface area contributed by atoms with E-state index in [1.54, 1.807) is 6.07 Å². The number of piperidine rings is 1. The van der Waals surface area contributed by atoms with Crippen molar-refractivity contribution in [3.05, 3.63) is 34.9 Å². The molecule has 2 fully saturated rings. The Morgan fingerprint density at radius 1 is 1.06 bits per heavy atom. The molecule has 0 aromatic carbocycles. The molecular weight excluding hydrogens is 424 g/mol. The summed E-state index contributed by atoms with van der Waals surface area (Å²) in [6.45, 7) is 9.49. The summed E-state index contributed by atoms with van der Waals surface area (Å²) >= 11 is 0. The van der Waals surface area contributed by atoms with Crippen molar-refractivity contribution in [3.8, 4) is 11.3 Å². The number of ether oxygens (including phenoxy) is 1. The van der Waals surface area contributed by atoms with Crippen LogP contribution in [0, 0.1) is 13.8 Å². The van der Waals surface area contributed by atoms with Crippen LogP contribution in [0.15, 0.2) is 15.1 Å². The first-order valence-corrected chi connectivity index (χ1v) is 11.8. The smallest absolute Gasteiger partial charge is 0.276 e. The number of nitrogens with zero attached hydrogens (tertiary/aromatic N) is 6. The fraction of sp³-hybridized carbons (Fsp3) is 0.609. The SMILES string of the molecule is CCn1nc(C)c(-c2cc(C(=O)N3CCC(c4nc(C5CCOCC5)no4)CC3)no2)c1C. The highest BCUT2D eigenvalue weighted by atomic mass is 16.5. The van der Waals surface area contributed by atoms with E-state index in [1.807, 2.05) is 30.4 Å². The molecule has 2 aliphatic rings. The number of hydrogen-bond acceptors (Lipinski definition) is 8. The molecule has 2 aliphatic heterocycles. The molecule has 0 atom stereocenters. The third-order valence-corrected chi connectivity index (χ3v) is 6.83. The number of amides is 1. The summed E-state index contributed by atoms with van der Waals surface area (Å²) in [7, 11) is 0. The van der Waals surface area contributed by atoms with Gasteiger partial charge in [0.05, 0.1) is 11.3 Å².